The Balaban J connectivity index is 1.40. The lowest BCUT2D eigenvalue weighted by Crippen LogP contribution is -2.29. The van der Waals surface area contributed by atoms with Crippen LogP contribution in [0.4, 0.5) is 5.69 Å². The molecule has 0 unspecified atom stereocenters. The van der Waals surface area contributed by atoms with Gasteiger partial charge in [-0.2, -0.15) is 5.26 Å². The van der Waals surface area contributed by atoms with Gasteiger partial charge in [0.05, 0.1) is 19.8 Å². The number of ether oxygens (including phenoxy) is 3. The number of hydrogen-bond acceptors (Lipinski definition) is 5. The fourth-order valence-corrected chi connectivity index (χ4v) is 4.29. The normalized spacial score (nSPS) is 12.6. The van der Waals surface area contributed by atoms with Crippen LogP contribution in [-0.4, -0.2) is 32.3 Å². The number of carbonyl (C=O) groups excluding carboxylic acids is 1. The van der Waals surface area contributed by atoms with Gasteiger partial charge in [0.1, 0.15) is 17.4 Å². The molecule has 3 aromatic carbocycles. The minimum absolute atomic E-state index is 0.0800. The van der Waals surface area contributed by atoms with Gasteiger partial charge in [-0.05, 0) is 79.8 Å². The van der Waals surface area contributed by atoms with Gasteiger partial charge in [-0.25, -0.2) is 0 Å². The van der Waals surface area contributed by atoms with Crippen LogP contribution in [0.3, 0.4) is 0 Å². The number of nitriles is 1. The molecule has 37 heavy (non-hydrogen) atoms. The molecule has 0 atom stereocenters. The van der Waals surface area contributed by atoms with E-state index in [0.717, 1.165) is 29.0 Å². The van der Waals surface area contributed by atoms with E-state index in [1.165, 1.54) is 5.56 Å². The molecule has 0 saturated carbocycles. The largest absolute Gasteiger partial charge is 0.493 e. The predicted octanol–water partition coefficient (Wildman–Crippen LogP) is 6.05. The summed E-state index contributed by atoms with van der Waals surface area (Å²) in [6.45, 7) is 8.03. The first kappa shape index (κ1) is 25.8. The number of carbonyl (C=O) groups is 1. The average Bonchev–Trinajstić information content (AvgIpc) is 3.34. The maximum atomic E-state index is 13.1. The Morgan fingerprint density at radius 1 is 0.973 bits per heavy atom. The van der Waals surface area contributed by atoms with Crippen molar-refractivity contribution in [2.75, 3.05) is 31.3 Å². The third kappa shape index (κ3) is 6.31. The summed E-state index contributed by atoms with van der Waals surface area (Å²) in [5.41, 5.74) is 5.04. The van der Waals surface area contributed by atoms with E-state index in [0.29, 0.717) is 49.8 Å². The zero-order chi connectivity index (χ0) is 26.2. The molecule has 0 aliphatic carbocycles. The second-order valence-corrected chi connectivity index (χ2v) is 8.96. The van der Waals surface area contributed by atoms with E-state index in [-0.39, 0.29) is 11.5 Å². The standard InChI is InChI=1S/C31H32N2O4/c1-4-35-30-20-24(19-26(21-32)31(34)33-15-14-25-8-5-6-9-27(25)33)12-13-28(30)36-16-7-17-37-29-18-22(2)10-11-23(29)3/h5-6,8-13,18-20H,4,7,14-17H2,1-3H3/b26-19+. The molecule has 1 aliphatic heterocycles. The highest BCUT2D eigenvalue weighted by atomic mass is 16.5. The third-order valence-electron chi connectivity index (χ3n) is 6.21. The molecule has 6 nitrogen and oxygen atoms in total. The van der Waals surface area contributed by atoms with Gasteiger partial charge in [0.2, 0.25) is 0 Å². The maximum absolute atomic E-state index is 13.1. The van der Waals surface area contributed by atoms with Crippen molar-refractivity contribution in [3.63, 3.8) is 0 Å². The van der Waals surface area contributed by atoms with Crippen molar-refractivity contribution in [3.05, 3.63) is 88.5 Å². The second kappa shape index (κ2) is 12.1. The molecule has 0 radical (unpaired) electrons. The van der Waals surface area contributed by atoms with Crippen molar-refractivity contribution in [1.82, 2.24) is 0 Å². The van der Waals surface area contributed by atoms with Gasteiger partial charge in [0, 0.05) is 18.7 Å². The quantitative estimate of drug-likeness (QED) is 0.194. The lowest BCUT2D eigenvalue weighted by Gasteiger charge is -2.17. The number of nitrogens with zero attached hydrogens (tertiary/aromatic N) is 2. The molecule has 1 amide bonds. The van der Waals surface area contributed by atoms with Crippen molar-refractivity contribution >= 4 is 17.7 Å². The fraction of sp³-hybridized carbons (Fsp3) is 0.290. The van der Waals surface area contributed by atoms with E-state index < -0.39 is 0 Å². The summed E-state index contributed by atoms with van der Waals surface area (Å²) in [5, 5.41) is 9.74. The molecule has 1 heterocycles. The molecule has 1 aliphatic rings. The highest BCUT2D eigenvalue weighted by molar-refractivity contribution is 6.12. The Morgan fingerprint density at radius 2 is 1.76 bits per heavy atom. The van der Waals surface area contributed by atoms with Crippen molar-refractivity contribution in [3.8, 4) is 23.3 Å². The predicted molar refractivity (Wildman–Crippen MR) is 145 cm³/mol. The third-order valence-corrected chi connectivity index (χ3v) is 6.21. The Bertz CT molecular complexity index is 1340. The maximum Gasteiger partial charge on any atom is 0.268 e. The van der Waals surface area contributed by atoms with Gasteiger partial charge >= 0.3 is 0 Å². The summed E-state index contributed by atoms with van der Waals surface area (Å²) in [7, 11) is 0. The van der Waals surface area contributed by atoms with Crippen LogP contribution in [0.2, 0.25) is 0 Å². The van der Waals surface area contributed by atoms with Crippen LogP contribution in [0.15, 0.2) is 66.2 Å². The minimum Gasteiger partial charge on any atom is -0.493 e. The molecule has 0 spiro atoms. The number of amides is 1. The summed E-state index contributed by atoms with van der Waals surface area (Å²) >= 11 is 0. The monoisotopic (exact) mass is 496 g/mol. The SMILES string of the molecule is CCOc1cc(/C=C(\C#N)C(=O)N2CCc3ccccc32)ccc1OCCCOc1cc(C)ccc1C. The molecule has 4 rings (SSSR count). The lowest BCUT2D eigenvalue weighted by molar-refractivity contribution is -0.114. The number of rotatable bonds is 10. The molecule has 0 aromatic heterocycles. The molecule has 0 bridgehead atoms. The van der Waals surface area contributed by atoms with Gasteiger partial charge in [-0.1, -0.05) is 36.4 Å². The van der Waals surface area contributed by atoms with E-state index in [4.69, 9.17) is 14.2 Å². The van der Waals surface area contributed by atoms with Crippen molar-refractivity contribution in [1.29, 1.82) is 5.26 Å². The molecular weight excluding hydrogens is 464 g/mol. The summed E-state index contributed by atoms with van der Waals surface area (Å²) in [6, 6.07) is 21.5. The molecule has 0 saturated heterocycles. The van der Waals surface area contributed by atoms with Crippen LogP contribution in [0.25, 0.3) is 6.08 Å². The topological polar surface area (TPSA) is 71.8 Å². The number of aryl methyl sites for hydroxylation is 2. The van der Waals surface area contributed by atoms with Crippen molar-refractivity contribution < 1.29 is 19.0 Å². The lowest BCUT2D eigenvalue weighted by atomic mass is 10.1. The van der Waals surface area contributed by atoms with Gasteiger partial charge in [-0.3, -0.25) is 4.79 Å². The van der Waals surface area contributed by atoms with Crippen LogP contribution in [0, 0.1) is 25.2 Å². The molecule has 0 N–H and O–H groups in total. The van der Waals surface area contributed by atoms with E-state index >= 15 is 0 Å². The van der Waals surface area contributed by atoms with Gasteiger partial charge in [0.25, 0.3) is 5.91 Å². The van der Waals surface area contributed by atoms with E-state index in [2.05, 4.69) is 18.2 Å². The first-order valence-corrected chi connectivity index (χ1v) is 12.6. The summed E-state index contributed by atoms with van der Waals surface area (Å²) < 4.78 is 17.7. The number of anilines is 1. The van der Waals surface area contributed by atoms with Crippen LogP contribution >= 0.6 is 0 Å². The van der Waals surface area contributed by atoms with E-state index in [1.807, 2.05) is 63.2 Å². The zero-order valence-corrected chi connectivity index (χ0v) is 21.6. The highest BCUT2D eigenvalue weighted by Gasteiger charge is 2.26. The number of para-hydroxylation sites is 1. The van der Waals surface area contributed by atoms with E-state index in [9.17, 15) is 10.1 Å². The Hall–Kier alpha value is -4.24. The number of hydrogen-bond donors (Lipinski definition) is 0. The van der Waals surface area contributed by atoms with Crippen molar-refractivity contribution in [2.24, 2.45) is 0 Å². The highest BCUT2D eigenvalue weighted by Crippen LogP contribution is 2.31. The van der Waals surface area contributed by atoms with Crippen LogP contribution < -0.4 is 19.1 Å². The second-order valence-electron chi connectivity index (χ2n) is 8.96. The first-order chi connectivity index (χ1) is 18.0. The summed E-state index contributed by atoms with van der Waals surface area (Å²) in [6.07, 6.45) is 3.11. The van der Waals surface area contributed by atoms with Crippen LogP contribution in [0.5, 0.6) is 17.2 Å². The van der Waals surface area contributed by atoms with Crippen LogP contribution in [-0.2, 0) is 11.2 Å². The Labute approximate surface area is 218 Å². The average molecular weight is 497 g/mol. The molecular formula is C31H32N2O4. The van der Waals surface area contributed by atoms with Gasteiger partial charge in [0.15, 0.2) is 11.5 Å². The van der Waals surface area contributed by atoms with E-state index in [1.54, 1.807) is 17.0 Å². The molecule has 3 aromatic rings. The van der Waals surface area contributed by atoms with Crippen molar-refractivity contribution in [2.45, 2.75) is 33.6 Å². The zero-order valence-electron chi connectivity index (χ0n) is 21.6. The van der Waals surface area contributed by atoms with Gasteiger partial charge in [-0.15, -0.1) is 0 Å². The van der Waals surface area contributed by atoms with Gasteiger partial charge < -0.3 is 19.1 Å². The Kier molecular flexibility index (Phi) is 8.48. The molecule has 6 heteroatoms. The summed E-state index contributed by atoms with van der Waals surface area (Å²) in [4.78, 5) is 14.8. The fourth-order valence-electron chi connectivity index (χ4n) is 4.29. The summed E-state index contributed by atoms with van der Waals surface area (Å²) in [5.74, 6) is 1.79. The number of benzene rings is 3. The smallest absolute Gasteiger partial charge is 0.268 e. The minimum atomic E-state index is -0.297. The molecule has 190 valence electrons. The van der Waals surface area contributed by atoms with Crippen LogP contribution in [0.1, 0.15) is 35.6 Å². The molecule has 0 fully saturated rings. The first-order valence-electron chi connectivity index (χ1n) is 12.6. The Morgan fingerprint density at radius 3 is 2.54 bits per heavy atom. The number of fused-ring (bicyclic) bond motifs is 1.